The van der Waals surface area contributed by atoms with Crippen molar-refractivity contribution in [2.75, 3.05) is 0 Å². The van der Waals surface area contributed by atoms with Crippen LogP contribution in [0.4, 0.5) is 0 Å². The summed E-state index contributed by atoms with van der Waals surface area (Å²) in [6.45, 7) is 5.71. The molecule has 0 amide bonds. The Bertz CT molecular complexity index is 45.9. The molecule has 0 aliphatic carbocycles. The molecule has 0 N–H and O–H groups in total. The van der Waals surface area contributed by atoms with Gasteiger partial charge >= 0.3 is 0 Å². The molecule has 0 aromatic carbocycles. The summed E-state index contributed by atoms with van der Waals surface area (Å²) in [4.78, 5) is 0. The van der Waals surface area contributed by atoms with Crippen LogP contribution in [-0.4, -0.2) is 6.71 Å². The predicted octanol–water partition coefficient (Wildman–Crippen LogP) is 1.90. The fourth-order valence-electron chi connectivity index (χ4n) is 0.763. The van der Waals surface area contributed by atoms with Gasteiger partial charge in [0.2, 0.25) is 0 Å². The van der Waals surface area contributed by atoms with Crippen molar-refractivity contribution in [1.82, 2.24) is 0 Å². The minimum atomic E-state index is 0.963. The molecule has 1 fully saturated rings. The Morgan fingerprint density at radius 2 is 1.83 bits per heavy atom. The number of hydrogen-bond acceptors (Lipinski definition) is 0. The fraction of sp³-hybridized carbons (Fsp3) is 1.00. The van der Waals surface area contributed by atoms with Crippen molar-refractivity contribution in [1.29, 1.82) is 0 Å². The Morgan fingerprint density at radius 1 is 1.33 bits per heavy atom. The molecule has 34 valence electrons. The Labute approximate surface area is 40.0 Å². The highest BCUT2D eigenvalue weighted by Gasteiger charge is 2.28. The van der Waals surface area contributed by atoms with Crippen molar-refractivity contribution in [2.24, 2.45) is 0 Å². The highest BCUT2D eigenvalue weighted by molar-refractivity contribution is 6.70. The zero-order valence-corrected chi connectivity index (χ0v) is 4.57. The van der Waals surface area contributed by atoms with Crippen molar-refractivity contribution in [3.63, 3.8) is 0 Å². The molecule has 0 saturated carbocycles. The summed E-state index contributed by atoms with van der Waals surface area (Å²) in [6, 6.07) is 0. The average molecular weight is 82.0 g/mol. The zero-order valence-electron chi connectivity index (χ0n) is 4.57. The third-order valence-electron chi connectivity index (χ3n) is 1.56. The molecule has 1 rings (SSSR count). The summed E-state index contributed by atoms with van der Waals surface area (Å²) in [5.41, 5.74) is 0. The van der Waals surface area contributed by atoms with Crippen molar-refractivity contribution in [3.8, 4) is 0 Å². The first kappa shape index (κ1) is 4.23. The second-order valence-electron chi connectivity index (χ2n) is 2.58. The van der Waals surface area contributed by atoms with Crippen LogP contribution in [0.5, 0.6) is 0 Å². The van der Waals surface area contributed by atoms with E-state index in [1.54, 1.807) is 0 Å². The maximum absolute atomic E-state index is 2.30. The standard InChI is InChI=1S/C5H11B/c1-5(2)6-3-4-6/h5H,3-4H2,1-2H3. The molecule has 6 heavy (non-hydrogen) atoms. The van der Waals surface area contributed by atoms with Crippen LogP contribution in [0.25, 0.3) is 0 Å². The molecule has 0 spiro atoms. The van der Waals surface area contributed by atoms with E-state index in [-0.39, 0.29) is 0 Å². The molecule has 0 bridgehead atoms. The molecule has 0 atom stereocenters. The Kier molecular flexibility index (Phi) is 0.907. The summed E-state index contributed by atoms with van der Waals surface area (Å²) in [6.07, 6.45) is 3.00. The number of hydrogen-bond donors (Lipinski definition) is 0. The fourth-order valence-corrected chi connectivity index (χ4v) is 0.763. The maximum atomic E-state index is 2.30. The molecule has 1 saturated heterocycles. The third-order valence-corrected chi connectivity index (χ3v) is 1.56. The van der Waals surface area contributed by atoms with E-state index in [1.807, 2.05) is 0 Å². The maximum Gasteiger partial charge on any atom is 0.141 e. The van der Waals surface area contributed by atoms with Crippen LogP contribution >= 0.6 is 0 Å². The van der Waals surface area contributed by atoms with Gasteiger partial charge in [-0.05, 0) is 0 Å². The molecule has 0 aromatic heterocycles. The molecular weight excluding hydrogens is 70.9 g/mol. The topological polar surface area (TPSA) is 0 Å². The predicted molar refractivity (Wildman–Crippen MR) is 30.5 cm³/mol. The summed E-state index contributed by atoms with van der Waals surface area (Å²) >= 11 is 0. The molecule has 0 radical (unpaired) electrons. The van der Waals surface area contributed by atoms with Crippen LogP contribution in [0.15, 0.2) is 0 Å². The van der Waals surface area contributed by atoms with E-state index in [0.717, 1.165) is 12.5 Å². The van der Waals surface area contributed by atoms with Crippen molar-refractivity contribution < 1.29 is 0 Å². The molecule has 1 aliphatic rings. The third kappa shape index (κ3) is 0.765. The van der Waals surface area contributed by atoms with Crippen LogP contribution in [-0.2, 0) is 0 Å². The minimum absolute atomic E-state index is 0.963. The van der Waals surface area contributed by atoms with Gasteiger partial charge in [-0.15, -0.1) is 0 Å². The van der Waals surface area contributed by atoms with Crippen LogP contribution in [0, 0.1) is 0 Å². The largest absolute Gasteiger partial charge is 0.141 e. The number of rotatable bonds is 1. The van der Waals surface area contributed by atoms with Gasteiger partial charge in [-0.3, -0.25) is 0 Å². The van der Waals surface area contributed by atoms with Crippen molar-refractivity contribution in [2.45, 2.75) is 32.3 Å². The zero-order chi connectivity index (χ0) is 4.57. The van der Waals surface area contributed by atoms with Gasteiger partial charge in [-0.1, -0.05) is 32.3 Å². The van der Waals surface area contributed by atoms with E-state index in [2.05, 4.69) is 13.8 Å². The van der Waals surface area contributed by atoms with E-state index < -0.39 is 0 Å². The van der Waals surface area contributed by atoms with Gasteiger partial charge < -0.3 is 0 Å². The van der Waals surface area contributed by atoms with Gasteiger partial charge in [0.05, 0.1) is 0 Å². The molecule has 0 aromatic rings. The van der Waals surface area contributed by atoms with Crippen LogP contribution in [0.3, 0.4) is 0 Å². The Hall–Kier alpha value is 0.0649. The second-order valence-corrected chi connectivity index (χ2v) is 2.58. The van der Waals surface area contributed by atoms with Gasteiger partial charge in [0.25, 0.3) is 0 Å². The summed E-state index contributed by atoms with van der Waals surface area (Å²) in [5.74, 6) is 0.963. The van der Waals surface area contributed by atoms with E-state index in [1.165, 1.54) is 12.6 Å². The lowest BCUT2D eigenvalue weighted by atomic mass is 9.60. The Morgan fingerprint density at radius 3 is 1.83 bits per heavy atom. The molecular formula is C5H11B. The van der Waals surface area contributed by atoms with Gasteiger partial charge in [0.1, 0.15) is 6.71 Å². The average Bonchev–Trinajstić information content (AvgIpc) is 2.06. The first-order valence-electron chi connectivity index (χ1n) is 2.80. The molecule has 1 heterocycles. The quantitative estimate of drug-likeness (QED) is 0.424. The van der Waals surface area contributed by atoms with Crippen molar-refractivity contribution >= 4 is 6.71 Å². The van der Waals surface area contributed by atoms with E-state index in [9.17, 15) is 0 Å². The van der Waals surface area contributed by atoms with Crippen LogP contribution < -0.4 is 0 Å². The first-order valence-corrected chi connectivity index (χ1v) is 2.80. The van der Waals surface area contributed by atoms with E-state index >= 15 is 0 Å². The first-order chi connectivity index (χ1) is 2.80. The van der Waals surface area contributed by atoms with Crippen molar-refractivity contribution in [3.05, 3.63) is 0 Å². The molecule has 0 unspecified atom stereocenters. The highest BCUT2D eigenvalue weighted by atomic mass is 14.0. The van der Waals surface area contributed by atoms with Crippen LogP contribution in [0.1, 0.15) is 13.8 Å². The van der Waals surface area contributed by atoms with E-state index in [0.29, 0.717) is 0 Å². The van der Waals surface area contributed by atoms with Gasteiger partial charge in [0, 0.05) is 0 Å². The smallest absolute Gasteiger partial charge is 0.0804 e. The second kappa shape index (κ2) is 1.29. The van der Waals surface area contributed by atoms with Gasteiger partial charge in [-0.2, -0.15) is 0 Å². The summed E-state index contributed by atoms with van der Waals surface area (Å²) in [5, 5.41) is 0. The van der Waals surface area contributed by atoms with Crippen LogP contribution in [0.2, 0.25) is 18.5 Å². The minimum Gasteiger partial charge on any atom is -0.0804 e. The Balaban J connectivity index is 2.13. The highest BCUT2D eigenvalue weighted by Crippen LogP contribution is 2.31. The lowest BCUT2D eigenvalue weighted by Gasteiger charge is -1.90. The van der Waals surface area contributed by atoms with Gasteiger partial charge in [-0.25, -0.2) is 0 Å². The molecule has 0 nitrogen and oxygen atoms in total. The lowest BCUT2D eigenvalue weighted by Crippen LogP contribution is -1.90. The summed E-state index contributed by atoms with van der Waals surface area (Å²) in [7, 11) is 0. The molecule has 1 aliphatic heterocycles. The lowest BCUT2D eigenvalue weighted by molar-refractivity contribution is 1.06. The molecule has 1 heteroatoms. The monoisotopic (exact) mass is 82.1 g/mol. The summed E-state index contributed by atoms with van der Waals surface area (Å²) < 4.78 is 0. The SMILES string of the molecule is CC(C)B1CC1. The van der Waals surface area contributed by atoms with Gasteiger partial charge in [0.15, 0.2) is 0 Å². The normalized spacial score (nSPS) is 19.5. The van der Waals surface area contributed by atoms with E-state index in [4.69, 9.17) is 0 Å².